The fraction of sp³-hybridized carbons (Fsp3) is 0.667. The molecular weight excluding hydrogens is 156 g/mol. The van der Waals surface area contributed by atoms with E-state index >= 15 is 0 Å². The summed E-state index contributed by atoms with van der Waals surface area (Å²) in [6.45, 7) is 2.24. The Balaban J connectivity index is 2.40. The van der Waals surface area contributed by atoms with Crippen molar-refractivity contribution in [3.05, 3.63) is 11.8 Å². The van der Waals surface area contributed by atoms with Crippen LogP contribution < -0.4 is 0 Å². The summed E-state index contributed by atoms with van der Waals surface area (Å²) in [5, 5.41) is 9.05. The molecule has 0 aromatic carbocycles. The monoisotopic (exact) mass is 170 g/mol. The van der Waals surface area contributed by atoms with Crippen molar-refractivity contribution in [1.82, 2.24) is 0 Å². The van der Waals surface area contributed by atoms with Gasteiger partial charge in [-0.05, 0) is 25.8 Å². The highest BCUT2D eigenvalue weighted by molar-refractivity contribution is 5.72. The molecule has 68 valence electrons. The van der Waals surface area contributed by atoms with Gasteiger partial charge >= 0.3 is 5.97 Å². The predicted octanol–water partition coefficient (Wildman–Crippen LogP) is 1.79. The molecule has 0 saturated carbocycles. The normalized spacial score (nSPS) is 23.1. The first-order valence-electron chi connectivity index (χ1n) is 4.28. The molecule has 0 spiro atoms. The van der Waals surface area contributed by atoms with Crippen molar-refractivity contribution in [3.8, 4) is 0 Å². The van der Waals surface area contributed by atoms with E-state index < -0.39 is 0 Å². The number of allylic oxidation sites excluding steroid dienone is 2. The maximum Gasteiger partial charge on any atom is 0.309 e. The summed E-state index contributed by atoms with van der Waals surface area (Å²) >= 11 is 0. The quantitative estimate of drug-likeness (QED) is 0.643. The molecule has 1 atom stereocenters. The van der Waals surface area contributed by atoms with E-state index in [1.54, 1.807) is 13.0 Å². The van der Waals surface area contributed by atoms with Gasteiger partial charge in [0.1, 0.15) is 0 Å². The summed E-state index contributed by atoms with van der Waals surface area (Å²) in [4.78, 5) is 11.2. The zero-order valence-corrected chi connectivity index (χ0v) is 7.25. The highest BCUT2D eigenvalue weighted by Crippen LogP contribution is 2.22. The first-order chi connectivity index (χ1) is 5.74. The van der Waals surface area contributed by atoms with E-state index in [2.05, 4.69) is 0 Å². The van der Waals surface area contributed by atoms with Gasteiger partial charge in [0.25, 0.3) is 0 Å². The number of hydrogen-bond donors (Lipinski definition) is 1. The molecule has 1 rings (SSSR count). The van der Waals surface area contributed by atoms with Crippen molar-refractivity contribution in [2.75, 3.05) is 6.61 Å². The molecule has 0 aromatic heterocycles. The summed E-state index contributed by atoms with van der Waals surface area (Å²) in [6.07, 6.45) is 3.63. The van der Waals surface area contributed by atoms with E-state index in [0.717, 1.165) is 0 Å². The van der Waals surface area contributed by atoms with Crippen LogP contribution in [0.15, 0.2) is 11.8 Å². The van der Waals surface area contributed by atoms with Gasteiger partial charge in [0.05, 0.1) is 18.3 Å². The van der Waals surface area contributed by atoms with Crippen LogP contribution in [0.1, 0.15) is 26.2 Å². The third-order valence-electron chi connectivity index (χ3n) is 2.01. The highest BCUT2D eigenvalue weighted by atomic mass is 16.5. The molecule has 0 heterocycles. The van der Waals surface area contributed by atoms with Gasteiger partial charge in [-0.15, -0.1) is 0 Å². The maximum absolute atomic E-state index is 11.2. The standard InChI is InChI=1S/C9H14O3/c1-2-12-9(11)7-3-5-8(10)6-4-7/h5,7,10H,2-4,6H2,1H3. The van der Waals surface area contributed by atoms with E-state index in [4.69, 9.17) is 9.84 Å². The van der Waals surface area contributed by atoms with Gasteiger partial charge in [0, 0.05) is 6.42 Å². The van der Waals surface area contributed by atoms with Crippen LogP contribution in [0.5, 0.6) is 0 Å². The molecule has 0 bridgehead atoms. The topological polar surface area (TPSA) is 46.5 Å². The molecule has 0 amide bonds. The molecule has 0 fully saturated rings. The molecule has 1 aliphatic rings. The number of aliphatic hydroxyl groups is 1. The van der Waals surface area contributed by atoms with Crippen LogP contribution in [0.2, 0.25) is 0 Å². The molecule has 1 aliphatic carbocycles. The van der Waals surface area contributed by atoms with Crippen LogP contribution in [0.25, 0.3) is 0 Å². The Labute approximate surface area is 72.0 Å². The van der Waals surface area contributed by atoms with Gasteiger partial charge < -0.3 is 9.84 Å². The second-order valence-electron chi connectivity index (χ2n) is 2.92. The maximum atomic E-state index is 11.2. The van der Waals surface area contributed by atoms with E-state index in [1.165, 1.54) is 0 Å². The minimum Gasteiger partial charge on any atom is -0.513 e. The summed E-state index contributed by atoms with van der Waals surface area (Å²) in [6, 6.07) is 0. The smallest absolute Gasteiger partial charge is 0.309 e. The molecule has 1 unspecified atom stereocenters. The van der Waals surface area contributed by atoms with Crippen LogP contribution in [0.4, 0.5) is 0 Å². The number of esters is 1. The van der Waals surface area contributed by atoms with Gasteiger partial charge in [-0.25, -0.2) is 0 Å². The van der Waals surface area contributed by atoms with Crippen LogP contribution in [0, 0.1) is 5.92 Å². The Hall–Kier alpha value is -0.990. The van der Waals surface area contributed by atoms with Gasteiger partial charge in [-0.2, -0.15) is 0 Å². The summed E-state index contributed by atoms with van der Waals surface area (Å²) in [7, 11) is 0. The Morgan fingerprint density at radius 2 is 2.58 bits per heavy atom. The third kappa shape index (κ3) is 2.26. The van der Waals surface area contributed by atoms with E-state index in [-0.39, 0.29) is 11.9 Å². The zero-order chi connectivity index (χ0) is 8.97. The minimum atomic E-state index is -0.138. The number of ether oxygens (including phenoxy) is 1. The fourth-order valence-corrected chi connectivity index (χ4v) is 1.29. The molecule has 1 N–H and O–H groups in total. The van der Waals surface area contributed by atoms with Crippen LogP contribution in [-0.2, 0) is 9.53 Å². The van der Waals surface area contributed by atoms with E-state index in [9.17, 15) is 4.79 Å². The SMILES string of the molecule is CCOC(=O)C1CC=C(O)CC1. The van der Waals surface area contributed by atoms with Gasteiger partial charge in [-0.3, -0.25) is 4.79 Å². The molecule has 3 nitrogen and oxygen atoms in total. The summed E-state index contributed by atoms with van der Waals surface area (Å²) in [5.41, 5.74) is 0. The Kier molecular flexibility index (Phi) is 3.14. The first kappa shape index (κ1) is 9.10. The molecule has 12 heavy (non-hydrogen) atoms. The highest BCUT2D eigenvalue weighted by Gasteiger charge is 2.21. The average Bonchev–Trinajstić information content (AvgIpc) is 2.06. The van der Waals surface area contributed by atoms with Crippen molar-refractivity contribution < 1.29 is 14.6 Å². The van der Waals surface area contributed by atoms with Crippen LogP contribution in [0.3, 0.4) is 0 Å². The molecule has 0 aliphatic heterocycles. The van der Waals surface area contributed by atoms with Crippen molar-refractivity contribution in [2.45, 2.75) is 26.2 Å². The lowest BCUT2D eigenvalue weighted by Gasteiger charge is -2.17. The zero-order valence-electron chi connectivity index (χ0n) is 7.25. The third-order valence-corrected chi connectivity index (χ3v) is 2.01. The number of hydrogen-bond acceptors (Lipinski definition) is 3. The molecule has 0 radical (unpaired) electrons. The Morgan fingerprint density at radius 1 is 1.83 bits per heavy atom. The predicted molar refractivity (Wildman–Crippen MR) is 44.7 cm³/mol. The Morgan fingerprint density at radius 3 is 3.08 bits per heavy atom. The van der Waals surface area contributed by atoms with E-state index in [0.29, 0.717) is 31.6 Å². The van der Waals surface area contributed by atoms with Gasteiger partial charge in [-0.1, -0.05) is 0 Å². The number of aliphatic hydroxyl groups excluding tert-OH is 1. The molecule has 3 heteroatoms. The molecule has 0 aromatic rings. The average molecular weight is 170 g/mol. The van der Waals surface area contributed by atoms with Crippen molar-refractivity contribution in [3.63, 3.8) is 0 Å². The number of rotatable bonds is 2. The lowest BCUT2D eigenvalue weighted by Crippen LogP contribution is -2.19. The largest absolute Gasteiger partial charge is 0.513 e. The number of carbonyl (C=O) groups excluding carboxylic acids is 1. The number of carbonyl (C=O) groups is 1. The minimum absolute atomic E-state index is 0.0409. The summed E-state index contributed by atoms with van der Waals surface area (Å²) in [5.74, 6) is 0.220. The van der Waals surface area contributed by atoms with Crippen LogP contribution in [-0.4, -0.2) is 17.7 Å². The van der Waals surface area contributed by atoms with Crippen molar-refractivity contribution in [2.24, 2.45) is 5.92 Å². The second kappa shape index (κ2) is 4.14. The van der Waals surface area contributed by atoms with Gasteiger partial charge in [0.2, 0.25) is 0 Å². The lowest BCUT2D eigenvalue weighted by atomic mass is 9.93. The molecule has 0 saturated heterocycles. The van der Waals surface area contributed by atoms with Crippen LogP contribution >= 0.6 is 0 Å². The first-order valence-corrected chi connectivity index (χ1v) is 4.28. The fourth-order valence-electron chi connectivity index (χ4n) is 1.29. The summed E-state index contributed by atoms with van der Waals surface area (Å²) < 4.78 is 4.87. The van der Waals surface area contributed by atoms with E-state index in [1.807, 2.05) is 0 Å². The lowest BCUT2D eigenvalue weighted by molar-refractivity contribution is -0.148. The second-order valence-corrected chi connectivity index (χ2v) is 2.92. The Bertz CT molecular complexity index is 196. The van der Waals surface area contributed by atoms with Crippen molar-refractivity contribution in [1.29, 1.82) is 0 Å². The molecular formula is C9H14O3. The van der Waals surface area contributed by atoms with Gasteiger partial charge in [0.15, 0.2) is 0 Å². The van der Waals surface area contributed by atoms with Crippen molar-refractivity contribution >= 4 is 5.97 Å².